The van der Waals surface area contributed by atoms with Crippen LogP contribution in [-0.4, -0.2) is 97.4 Å². The summed E-state index contributed by atoms with van der Waals surface area (Å²) in [6, 6.07) is 17.0. The lowest BCUT2D eigenvalue weighted by molar-refractivity contribution is 0.237. The highest BCUT2D eigenvalue weighted by Crippen LogP contribution is 2.43. The Kier molecular flexibility index (Phi) is 39.3. The van der Waals surface area contributed by atoms with Crippen molar-refractivity contribution in [1.29, 1.82) is 0 Å². The van der Waals surface area contributed by atoms with Gasteiger partial charge in [0.1, 0.15) is 0 Å². The minimum absolute atomic E-state index is 0.463. The molecule has 492 valence electrons. The van der Waals surface area contributed by atoms with Crippen molar-refractivity contribution in [1.82, 2.24) is 0 Å². The Labute approximate surface area is 531 Å². The van der Waals surface area contributed by atoms with Crippen molar-refractivity contribution in [2.45, 2.75) is 237 Å². The lowest BCUT2D eigenvalue weighted by Gasteiger charge is -2.32. The second-order valence-corrected chi connectivity index (χ2v) is 27.7. The summed E-state index contributed by atoms with van der Waals surface area (Å²) in [5.41, 5.74) is 0. The average Bonchev–Trinajstić information content (AvgIpc) is 0.927. The lowest BCUT2D eigenvalue weighted by atomic mass is 10.2. The second kappa shape index (κ2) is 46.0. The third-order valence-corrected chi connectivity index (χ3v) is 21.1. The minimum Gasteiger partial charge on any atom is -0.490 e. The van der Waals surface area contributed by atoms with Crippen molar-refractivity contribution in [2.24, 2.45) is 0 Å². The van der Waals surface area contributed by atoms with Crippen molar-refractivity contribution in [2.75, 3.05) is 79.3 Å². The number of hydrogen-bond donors (Lipinski definition) is 0. The monoisotopic (exact) mass is 1250 g/mol. The Morgan fingerprint density at radius 1 is 0.195 bits per heavy atom. The van der Waals surface area contributed by atoms with Gasteiger partial charge < -0.3 is 61.0 Å². The quantitative estimate of drug-likeness (QED) is 0.0308. The molecule has 13 nitrogen and oxygen atoms in total. The van der Waals surface area contributed by atoms with Gasteiger partial charge in [0, 0.05) is 20.7 Å². The van der Waals surface area contributed by atoms with E-state index in [4.69, 9.17) is 61.0 Å². The molecule has 0 bridgehead atoms. The van der Waals surface area contributed by atoms with Crippen LogP contribution in [0.5, 0.6) is 69.0 Å². The van der Waals surface area contributed by atoms with E-state index in [0.29, 0.717) is 148 Å². The first-order valence-electron chi connectivity index (χ1n) is 34.7. The summed E-state index contributed by atoms with van der Waals surface area (Å²) < 4.78 is 92.2. The van der Waals surface area contributed by atoms with E-state index in [-0.39, 0.29) is 0 Å². The third-order valence-electron chi connectivity index (χ3n) is 14.8. The molecule has 0 aliphatic rings. The molecule has 4 rings (SSSR count). The Bertz CT molecular complexity index is 2110. The smallest absolute Gasteiger partial charge is 0.236 e. The van der Waals surface area contributed by atoms with E-state index in [1.54, 1.807) is 0 Å². The first kappa shape index (κ1) is 74.3. The van der Waals surface area contributed by atoms with Crippen LogP contribution in [0.1, 0.15) is 237 Å². The number of benzene rings is 4. The highest BCUT2D eigenvalue weighted by molar-refractivity contribution is 6.93. The topological polar surface area (TPSA) is 120 Å². The molecule has 0 atom stereocenters. The molecule has 0 fully saturated rings. The van der Waals surface area contributed by atoms with Gasteiger partial charge in [0.05, 0.1) is 79.3 Å². The van der Waals surface area contributed by atoms with E-state index in [1.807, 2.05) is 0 Å². The van der Waals surface area contributed by atoms with Gasteiger partial charge in [0.15, 0.2) is 46.0 Å². The van der Waals surface area contributed by atoms with E-state index in [0.717, 1.165) is 175 Å². The molecular formula is C72H118O13Si2. The predicted molar refractivity (Wildman–Crippen MR) is 365 cm³/mol. The van der Waals surface area contributed by atoms with Gasteiger partial charge in [-0.1, -0.05) is 184 Å². The second-order valence-electron chi connectivity index (χ2n) is 22.6. The largest absolute Gasteiger partial charge is 0.490 e. The van der Waals surface area contributed by atoms with Gasteiger partial charge in [0.25, 0.3) is 0 Å². The standard InChI is InChI=1S/C72H118O13Si2/c1-13-25-45-73-57-37-41-61(69(81-53-33-21-9)65(57)77-49-29-17-5)86(62-42-38-58(74-46-26-14-2)66(78-50-30-18-6)70(62)82-54-34-22-10)85-87(63-43-39-59(75-47-27-15-3)67(79-51-31-19-7)71(63)83-55-35-23-11)64-44-40-60(76-48-28-16-4)68(80-52-32-20-8)72(64)84-56-36-24-12/h37-44,86-87H,13-36,45-56H2,1-12H3. The molecule has 0 aliphatic heterocycles. The molecule has 0 amide bonds. The summed E-state index contributed by atoms with van der Waals surface area (Å²) in [5, 5.41) is 3.55. The summed E-state index contributed by atoms with van der Waals surface area (Å²) in [5.74, 6) is 7.46. The highest BCUT2D eigenvalue weighted by Gasteiger charge is 2.39. The summed E-state index contributed by atoms with van der Waals surface area (Å²) in [6.07, 6.45) is 21.9. The molecule has 15 heteroatoms. The fraction of sp³-hybridized carbons (Fsp3) is 0.667. The van der Waals surface area contributed by atoms with Crippen molar-refractivity contribution in [3.63, 3.8) is 0 Å². The molecule has 87 heavy (non-hydrogen) atoms. The zero-order chi connectivity index (χ0) is 62.7. The van der Waals surface area contributed by atoms with Gasteiger partial charge in [-0.3, -0.25) is 0 Å². The molecule has 0 spiro atoms. The van der Waals surface area contributed by atoms with Gasteiger partial charge in [0.2, 0.25) is 41.1 Å². The number of hydrogen-bond acceptors (Lipinski definition) is 13. The fourth-order valence-electron chi connectivity index (χ4n) is 9.28. The highest BCUT2D eigenvalue weighted by atomic mass is 28.4. The van der Waals surface area contributed by atoms with Gasteiger partial charge in [-0.05, 0) is 101 Å². The van der Waals surface area contributed by atoms with Crippen molar-refractivity contribution in [3.05, 3.63) is 48.5 Å². The Balaban J connectivity index is 2.43. The number of rotatable bonds is 54. The van der Waals surface area contributed by atoms with E-state index in [1.165, 1.54) is 0 Å². The Morgan fingerprint density at radius 2 is 0.345 bits per heavy atom. The molecule has 0 N–H and O–H groups in total. The van der Waals surface area contributed by atoms with Crippen LogP contribution in [0.2, 0.25) is 0 Å². The van der Waals surface area contributed by atoms with Crippen LogP contribution >= 0.6 is 0 Å². The van der Waals surface area contributed by atoms with Crippen molar-refractivity contribution in [3.8, 4) is 69.0 Å². The molecule has 0 unspecified atom stereocenters. The molecule has 0 saturated carbocycles. The van der Waals surface area contributed by atoms with E-state index >= 15 is 0 Å². The Morgan fingerprint density at radius 3 is 0.506 bits per heavy atom. The van der Waals surface area contributed by atoms with Crippen LogP contribution in [0.15, 0.2) is 48.5 Å². The average molecular weight is 1250 g/mol. The molecule has 0 saturated heterocycles. The molecule has 4 aromatic carbocycles. The van der Waals surface area contributed by atoms with Gasteiger partial charge >= 0.3 is 0 Å². The molecular weight excluding hydrogens is 1130 g/mol. The van der Waals surface area contributed by atoms with E-state index < -0.39 is 18.1 Å². The van der Waals surface area contributed by atoms with Crippen LogP contribution in [0.25, 0.3) is 0 Å². The lowest BCUT2D eigenvalue weighted by Crippen LogP contribution is -2.57. The summed E-state index contributed by atoms with van der Waals surface area (Å²) in [7, 11) is -6.51. The van der Waals surface area contributed by atoms with Crippen LogP contribution in [0.4, 0.5) is 0 Å². The molecule has 0 aliphatic carbocycles. The summed E-state index contributed by atoms with van der Waals surface area (Å²) >= 11 is 0. The van der Waals surface area contributed by atoms with E-state index in [9.17, 15) is 0 Å². The van der Waals surface area contributed by atoms with Crippen molar-refractivity contribution < 1.29 is 61.0 Å². The predicted octanol–water partition coefficient (Wildman–Crippen LogP) is 16.2. The molecule has 0 radical (unpaired) electrons. The number of unbranched alkanes of at least 4 members (excludes halogenated alkanes) is 12. The van der Waals surface area contributed by atoms with Gasteiger partial charge in [-0.2, -0.15) is 0 Å². The summed E-state index contributed by atoms with van der Waals surface area (Å²) in [4.78, 5) is 0. The van der Waals surface area contributed by atoms with Crippen LogP contribution in [0, 0.1) is 0 Å². The summed E-state index contributed by atoms with van der Waals surface area (Å²) in [6.45, 7) is 32.2. The maximum absolute atomic E-state index is 8.63. The van der Waals surface area contributed by atoms with Crippen LogP contribution in [0.3, 0.4) is 0 Å². The maximum Gasteiger partial charge on any atom is 0.236 e. The third kappa shape index (κ3) is 24.6. The first-order chi connectivity index (χ1) is 42.8. The van der Waals surface area contributed by atoms with Crippen LogP contribution in [-0.2, 0) is 4.12 Å². The molecule has 0 heterocycles. The molecule has 0 aromatic heterocycles. The Hall–Kier alpha value is -5.13. The first-order valence-corrected chi connectivity index (χ1v) is 37.9. The normalized spacial score (nSPS) is 11.3. The zero-order valence-corrected chi connectivity index (χ0v) is 58.8. The van der Waals surface area contributed by atoms with Gasteiger partial charge in [-0.25, -0.2) is 0 Å². The van der Waals surface area contributed by atoms with E-state index in [2.05, 4.69) is 132 Å². The molecule has 4 aromatic rings. The van der Waals surface area contributed by atoms with Crippen LogP contribution < -0.4 is 77.6 Å². The fourth-order valence-corrected chi connectivity index (χ4v) is 16.3. The zero-order valence-electron chi connectivity index (χ0n) is 56.5. The SMILES string of the molecule is CCCCOc1ccc([SiH](O[SiH](c2ccc(OCCCC)c(OCCCC)c2OCCCC)c2ccc(OCCCC)c(OCCCC)c2OCCCC)c2ccc(OCCCC)c(OCCCC)c2OCCCC)c(OCCCC)c1OCCCC. The number of ether oxygens (including phenoxy) is 12. The van der Waals surface area contributed by atoms with Gasteiger partial charge in [-0.15, -0.1) is 0 Å². The maximum atomic E-state index is 8.63. The van der Waals surface area contributed by atoms with Crippen molar-refractivity contribution >= 4 is 38.8 Å². The minimum atomic E-state index is -3.25.